The fourth-order valence-corrected chi connectivity index (χ4v) is 4.75. The van der Waals surface area contributed by atoms with E-state index >= 15 is 0 Å². The van der Waals surface area contributed by atoms with Crippen LogP contribution in [0, 0.1) is 0 Å². The van der Waals surface area contributed by atoms with Crippen molar-refractivity contribution in [2.75, 3.05) is 25.0 Å². The summed E-state index contributed by atoms with van der Waals surface area (Å²) in [6.07, 6.45) is 0. The van der Waals surface area contributed by atoms with E-state index < -0.39 is 15.9 Å². The van der Waals surface area contributed by atoms with Gasteiger partial charge in [-0.1, -0.05) is 37.0 Å². The van der Waals surface area contributed by atoms with Crippen LogP contribution in [0.5, 0.6) is 5.75 Å². The molecule has 0 unspecified atom stereocenters. The Labute approximate surface area is 175 Å². The maximum Gasteiger partial charge on any atom is 0.257 e. The zero-order chi connectivity index (χ0) is 20.9. The van der Waals surface area contributed by atoms with E-state index in [0.29, 0.717) is 30.4 Å². The van der Waals surface area contributed by atoms with Crippen LogP contribution in [0.15, 0.2) is 41.3 Å². The topological polar surface area (TPSA) is 75.7 Å². The fraction of sp³-hybridized carbons (Fsp3) is 0.316. The number of carbonyl (C=O) groups is 1. The van der Waals surface area contributed by atoms with Crippen LogP contribution in [0.1, 0.15) is 31.1 Å². The molecule has 152 valence electrons. The van der Waals surface area contributed by atoms with E-state index in [2.05, 4.69) is 5.32 Å². The second-order valence-electron chi connectivity index (χ2n) is 5.76. The Bertz CT molecular complexity index is 960. The molecule has 0 radical (unpaired) electrons. The molecule has 0 bridgehead atoms. The third-order valence-corrected chi connectivity index (χ3v) is 6.62. The monoisotopic (exact) mass is 444 g/mol. The van der Waals surface area contributed by atoms with Crippen LogP contribution in [-0.4, -0.2) is 38.3 Å². The number of hydrogen-bond donors (Lipinski definition) is 1. The van der Waals surface area contributed by atoms with Gasteiger partial charge in [0.15, 0.2) is 0 Å². The van der Waals surface area contributed by atoms with Gasteiger partial charge in [0.05, 0.1) is 17.2 Å². The zero-order valence-corrected chi connectivity index (χ0v) is 18.2. The molecule has 0 saturated heterocycles. The van der Waals surface area contributed by atoms with E-state index in [1.54, 1.807) is 32.9 Å². The lowest BCUT2D eigenvalue weighted by Crippen LogP contribution is -2.31. The smallest absolute Gasteiger partial charge is 0.257 e. The molecule has 0 saturated carbocycles. The van der Waals surface area contributed by atoms with Gasteiger partial charge in [-0.3, -0.25) is 4.79 Å². The number of benzene rings is 2. The number of amides is 1. The highest BCUT2D eigenvalue weighted by molar-refractivity contribution is 7.89. The first-order valence-electron chi connectivity index (χ1n) is 8.77. The highest BCUT2D eigenvalue weighted by Crippen LogP contribution is 2.30. The number of nitrogens with one attached hydrogen (secondary N) is 1. The van der Waals surface area contributed by atoms with Gasteiger partial charge in [0.25, 0.3) is 5.91 Å². The summed E-state index contributed by atoms with van der Waals surface area (Å²) in [5, 5.41) is 3.28. The molecule has 28 heavy (non-hydrogen) atoms. The molecule has 9 heteroatoms. The summed E-state index contributed by atoms with van der Waals surface area (Å²) < 4.78 is 32.8. The van der Waals surface area contributed by atoms with Gasteiger partial charge >= 0.3 is 0 Å². The van der Waals surface area contributed by atoms with Crippen molar-refractivity contribution in [3.05, 3.63) is 52.0 Å². The molecule has 0 spiro atoms. The predicted octanol–water partition coefficient (Wildman–Crippen LogP) is 4.67. The van der Waals surface area contributed by atoms with E-state index in [-0.39, 0.29) is 21.2 Å². The van der Waals surface area contributed by atoms with Gasteiger partial charge in [0.2, 0.25) is 10.0 Å². The predicted molar refractivity (Wildman–Crippen MR) is 112 cm³/mol. The summed E-state index contributed by atoms with van der Waals surface area (Å²) in [5.74, 6) is -0.242. The molecule has 0 aliphatic rings. The largest absolute Gasteiger partial charge is 0.492 e. The molecule has 0 atom stereocenters. The van der Waals surface area contributed by atoms with Crippen LogP contribution in [-0.2, 0) is 10.0 Å². The van der Waals surface area contributed by atoms with Crippen molar-refractivity contribution in [1.82, 2.24) is 4.31 Å². The van der Waals surface area contributed by atoms with Crippen molar-refractivity contribution < 1.29 is 17.9 Å². The number of anilines is 1. The molecule has 0 aliphatic heterocycles. The average molecular weight is 445 g/mol. The van der Waals surface area contributed by atoms with E-state index in [4.69, 9.17) is 27.9 Å². The Balaban J connectivity index is 2.43. The summed E-state index contributed by atoms with van der Waals surface area (Å²) >= 11 is 11.9. The van der Waals surface area contributed by atoms with Crippen molar-refractivity contribution in [3.63, 3.8) is 0 Å². The molecular formula is C19H22Cl2N2O4S. The third-order valence-electron chi connectivity index (χ3n) is 4.00. The quantitative estimate of drug-likeness (QED) is 0.641. The van der Waals surface area contributed by atoms with Gasteiger partial charge < -0.3 is 10.1 Å². The van der Waals surface area contributed by atoms with Crippen LogP contribution in [0.3, 0.4) is 0 Å². The van der Waals surface area contributed by atoms with Gasteiger partial charge in [0.1, 0.15) is 10.6 Å². The van der Waals surface area contributed by atoms with E-state index in [0.717, 1.165) is 0 Å². The molecule has 0 heterocycles. The van der Waals surface area contributed by atoms with E-state index in [9.17, 15) is 13.2 Å². The Morgan fingerprint density at radius 3 is 2.32 bits per heavy atom. The molecule has 2 aromatic carbocycles. The highest BCUT2D eigenvalue weighted by Gasteiger charge is 2.26. The summed E-state index contributed by atoms with van der Waals surface area (Å²) in [6.45, 7) is 6.24. The number of hydrogen-bond acceptors (Lipinski definition) is 4. The number of sulfonamides is 1. The maximum atomic E-state index is 13.0. The third kappa shape index (κ3) is 4.97. The Kier molecular flexibility index (Phi) is 7.71. The Hall–Kier alpha value is -1.80. The van der Waals surface area contributed by atoms with E-state index in [1.807, 2.05) is 0 Å². The Morgan fingerprint density at radius 2 is 1.75 bits per heavy atom. The number of carbonyl (C=O) groups excluding carboxylic acids is 1. The van der Waals surface area contributed by atoms with Crippen molar-refractivity contribution in [1.29, 1.82) is 0 Å². The first-order chi connectivity index (χ1) is 13.2. The van der Waals surface area contributed by atoms with E-state index in [1.165, 1.54) is 28.6 Å². The van der Waals surface area contributed by atoms with Gasteiger partial charge in [-0.05, 0) is 43.3 Å². The molecule has 6 nitrogen and oxygen atoms in total. The summed E-state index contributed by atoms with van der Waals surface area (Å²) in [6, 6.07) is 9.01. The number of halogens is 2. The molecule has 0 aromatic heterocycles. The number of nitrogens with zero attached hydrogens (tertiary/aromatic N) is 1. The minimum atomic E-state index is -3.78. The van der Waals surface area contributed by atoms with Gasteiger partial charge in [-0.2, -0.15) is 4.31 Å². The number of rotatable bonds is 8. The van der Waals surface area contributed by atoms with Crippen molar-refractivity contribution in [3.8, 4) is 5.75 Å². The van der Waals surface area contributed by atoms with Crippen LogP contribution in [0.2, 0.25) is 10.0 Å². The van der Waals surface area contributed by atoms with Gasteiger partial charge in [-0.25, -0.2) is 8.42 Å². The second-order valence-corrected chi connectivity index (χ2v) is 8.51. The maximum absolute atomic E-state index is 13.0. The molecular weight excluding hydrogens is 423 g/mol. The standard InChI is InChI=1S/C19H22Cl2N2O4S/c1-4-23(5-2)28(25,26)18-12-14(8-10-17(18)27-6-3)22-19(24)15-9-7-13(20)11-16(15)21/h7-12H,4-6H2,1-3H3,(H,22,24). The molecule has 2 rings (SSSR count). The zero-order valence-electron chi connectivity index (χ0n) is 15.8. The van der Waals surface area contributed by atoms with Crippen LogP contribution in [0.25, 0.3) is 0 Å². The minimum Gasteiger partial charge on any atom is -0.492 e. The SMILES string of the molecule is CCOc1ccc(NC(=O)c2ccc(Cl)cc2Cl)cc1S(=O)(=O)N(CC)CC. The van der Waals surface area contributed by atoms with Crippen LogP contribution >= 0.6 is 23.2 Å². The minimum absolute atomic E-state index is 0.00180. The van der Waals surface area contributed by atoms with Crippen molar-refractivity contribution in [2.45, 2.75) is 25.7 Å². The lowest BCUT2D eigenvalue weighted by Gasteiger charge is -2.21. The average Bonchev–Trinajstić information content (AvgIpc) is 2.63. The molecule has 0 aliphatic carbocycles. The van der Waals surface area contributed by atoms with Crippen molar-refractivity contribution >= 4 is 44.8 Å². The van der Waals surface area contributed by atoms with Crippen LogP contribution < -0.4 is 10.1 Å². The lowest BCUT2D eigenvalue weighted by atomic mass is 10.2. The molecule has 1 amide bonds. The summed E-state index contributed by atoms with van der Waals surface area (Å²) in [4.78, 5) is 12.5. The number of ether oxygens (including phenoxy) is 1. The fourth-order valence-electron chi connectivity index (χ4n) is 2.64. The van der Waals surface area contributed by atoms with Crippen molar-refractivity contribution in [2.24, 2.45) is 0 Å². The summed E-state index contributed by atoms with van der Waals surface area (Å²) in [5.41, 5.74) is 0.540. The normalized spacial score (nSPS) is 11.5. The molecule has 2 aromatic rings. The Morgan fingerprint density at radius 1 is 1.07 bits per heavy atom. The summed E-state index contributed by atoms with van der Waals surface area (Å²) in [7, 11) is -3.78. The second kappa shape index (κ2) is 9.60. The van der Waals surface area contributed by atoms with Gasteiger partial charge in [0, 0.05) is 23.8 Å². The first kappa shape index (κ1) is 22.5. The van der Waals surface area contributed by atoms with Gasteiger partial charge in [-0.15, -0.1) is 0 Å². The highest BCUT2D eigenvalue weighted by atomic mass is 35.5. The molecule has 0 fully saturated rings. The first-order valence-corrected chi connectivity index (χ1v) is 11.0. The lowest BCUT2D eigenvalue weighted by molar-refractivity contribution is 0.102. The van der Waals surface area contributed by atoms with Crippen LogP contribution in [0.4, 0.5) is 5.69 Å². The molecule has 1 N–H and O–H groups in total.